The fourth-order valence-corrected chi connectivity index (χ4v) is 5.54. The minimum atomic E-state index is -0.709. The second-order valence-corrected chi connectivity index (χ2v) is 9.33. The van der Waals surface area contributed by atoms with E-state index in [0.29, 0.717) is 12.8 Å². The highest BCUT2D eigenvalue weighted by Crippen LogP contribution is 2.45. The van der Waals surface area contributed by atoms with E-state index >= 15 is 0 Å². The van der Waals surface area contributed by atoms with Crippen LogP contribution in [-0.4, -0.2) is 59.7 Å². The molecule has 1 spiro atoms. The molecule has 1 atom stereocenters. The van der Waals surface area contributed by atoms with Gasteiger partial charge < -0.3 is 14.5 Å². The molecule has 35 heavy (non-hydrogen) atoms. The zero-order chi connectivity index (χ0) is 24.4. The van der Waals surface area contributed by atoms with Gasteiger partial charge in [-0.3, -0.25) is 19.3 Å². The van der Waals surface area contributed by atoms with E-state index in [-0.39, 0.29) is 24.9 Å². The number of methoxy groups -OCH3 is 2. The number of piperidine rings is 1. The first kappa shape index (κ1) is 23.4. The molecule has 1 N–H and O–H groups in total. The van der Waals surface area contributed by atoms with Crippen molar-refractivity contribution in [3.8, 4) is 5.75 Å². The van der Waals surface area contributed by atoms with Crippen molar-refractivity contribution in [2.45, 2.75) is 38.0 Å². The smallest absolute Gasteiger partial charge is 0.311 e. The molecule has 3 heterocycles. The lowest BCUT2D eigenvalue weighted by Gasteiger charge is -2.45. The number of hydrogen-bond donors (Lipinski definition) is 1. The summed E-state index contributed by atoms with van der Waals surface area (Å²) in [6, 6.07) is 15.8. The molecular formula is C27H31N3O5. The lowest BCUT2D eigenvalue weighted by atomic mass is 9.77. The van der Waals surface area contributed by atoms with Gasteiger partial charge in [0.2, 0.25) is 5.91 Å². The van der Waals surface area contributed by atoms with Gasteiger partial charge in [0.1, 0.15) is 12.4 Å². The minimum absolute atomic E-state index is 0.104. The molecule has 184 valence electrons. The van der Waals surface area contributed by atoms with Crippen LogP contribution in [0.15, 0.2) is 54.7 Å². The molecule has 2 fully saturated rings. The van der Waals surface area contributed by atoms with E-state index in [1.807, 2.05) is 36.4 Å². The van der Waals surface area contributed by atoms with Gasteiger partial charge in [0, 0.05) is 43.2 Å². The molecule has 0 aliphatic carbocycles. The lowest BCUT2D eigenvalue weighted by molar-refractivity contribution is -0.229. The second-order valence-electron chi connectivity index (χ2n) is 9.33. The number of likely N-dealkylation sites (tertiary alicyclic amines) is 1. The number of nitrogens with one attached hydrogen (secondary N) is 1. The monoisotopic (exact) mass is 477 g/mol. The van der Waals surface area contributed by atoms with E-state index in [1.165, 1.54) is 23.1 Å². The zero-order valence-electron chi connectivity index (χ0n) is 20.2. The molecule has 0 radical (unpaired) electrons. The van der Waals surface area contributed by atoms with Crippen molar-refractivity contribution in [3.63, 3.8) is 0 Å². The Kier molecular flexibility index (Phi) is 6.49. The van der Waals surface area contributed by atoms with E-state index < -0.39 is 11.5 Å². The Morgan fingerprint density at radius 3 is 2.69 bits per heavy atom. The van der Waals surface area contributed by atoms with Crippen LogP contribution in [0.25, 0.3) is 10.9 Å². The minimum Gasteiger partial charge on any atom is -0.497 e. The fraction of sp³-hybridized carbons (Fsp3) is 0.407. The van der Waals surface area contributed by atoms with Gasteiger partial charge in [-0.05, 0) is 42.2 Å². The number of fused-ring (bicyclic) bond motifs is 1. The molecule has 3 aromatic rings. The van der Waals surface area contributed by atoms with Crippen molar-refractivity contribution in [2.24, 2.45) is 5.92 Å². The summed E-state index contributed by atoms with van der Waals surface area (Å²) in [6.45, 7) is 2.53. The summed E-state index contributed by atoms with van der Waals surface area (Å²) >= 11 is 0. The maximum Gasteiger partial charge on any atom is 0.311 e. The molecule has 2 aromatic carbocycles. The number of ether oxygens (including phenoxy) is 2. The topological polar surface area (TPSA) is 84.1 Å². The van der Waals surface area contributed by atoms with Crippen LogP contribution < -0.4 is 4.74 Å². The second kappa shape index (κ2) is 9.71. The average Bonchev–Trinajstić information content (AvgIpc) is 3.42. The van der Waals surface area contributed by atoms with Gasteiger partial charge >= 0.3 is 5.97 Å². The van der Waals surface area contributed by atoms with Gasteiger partial charge in [-0.25, -0.2) is 5.06 Å². The van der Waals surface area contributed by atoms with Gasteiger partial charge in [0.15, 0.2) is 0 Å². The standard InChI is InChI=1S/C27H31N3O5/c1-33-21-7-5-6-19(14-21)18-35-30-25(31)15-23(26(32)34-2)27(30)10-12-29(13-11-27)17-20-16-28-24-9-4-3-8-22(20)24/h3-9,14,16,23,28H,10-13,15,17-18H2,1-2H3. The molecule has 1 amide bonds. The Hall–Kier alpha value is -3.36. The molecule has 5 rings (SSSR count). The van der Waals surface area contributed by atoms with Gasteiger partial charge in [0.05, 0.1) is 25.7 Å². The molecule has 2 saturated heterocycles. The number of amides is 1. The van der Waals surface area contributed by atoms with Crippen molar-refractivity contribution in [3.05, 3.63) is 65.9 Å². The first-order chi connectivity index (χ1) is 17.0. The van der Waals surface area contributed by atoms with E-state index in [9.17, 15) is 9.59 Å². The molecule has 2 aliphatic rings. The first-order valence-corrected chi connectivity index (χ1v) is 12.0. The third-order valence-corrected chi connectivity index (χ3v) is 7.43. The zero-order valence-corrected chi connectivity index (χ0v) is 20.2. The number of carbonyl (C=O) groups is 2. The summed E-state index contributed by atoms with van der Waals surface area (Å²) in [6.07, 6.45) is 3.44. The van der Waals surface area contributed by atoms with E-state index in [0.717, 1.165) is 36.5 Å². The van der Waals surface area contributed by atoms with Crippen LogP contribution in [-0.2, 0) is 32.3 Å². The third-order valence-electron chi connectivity index (χ3n) is 7.43. The molecule has 0 saturated carbocycles. The summed E-state index contributed by atoms with van der Waals surface area (Å²) in [5.74, 6) is -0.337. The number of aromatic nitrogens is 1. The van der Waals surface area contributed by atoms with Crippen molar-refractivity contribution in [1.82, 2.24) is 14.9 Å². The van der Waals surface area contributed by atoms with Crippen LogP contribution in [0, 0.1) is 5.92 Å². The van der Waals surface area contributed by atoms with Crippen LogP contribution in [0.2, 0.25) is 0 Å². The van der Waals surface area contributed by atoms with Crippen molar-refractivity contribution in [1.29, 1.82) is 0 Å². The quantitative estimate of drug-likeness (QED) is 0.523. The van der Waals surface area contributed by atoms with Crippen LogP contribution >= 0.6 is 0 Å². The highest BCUT2D eigenvalue weighted by Gasteiger charge is 2.58. The Balaban J connectivity index is 1.33. The highest BCUT2D eigenvalue weighted by molar-refractivity contribution is 5.88. The van der Waals surface area contributed by atoms with Crippen molar-refractivity contribution < 1.29 is 23.9 Å². The summed E-state index contributed by atoms with van der Waals surface area (Å²) in [5.41, 5.74) is 2.56. The summed E-state index contributed by atoms with van der Waals surface area (Å²) in [7, 11) is 3.00. The maximum atomic E-state index is 13.1. The number of hydrogen-bond acceptors (Lipinski definition) is 6. The number of esters is 1. The van der Waals surface area contributed by atoms with E-state index in [4.69, 9.17) is 14.3 Å². The number of rotatable bonds is 7. The van der Waals surface area contributed by atoms with Gasteiger partial charge in [-0.1, -0.05) is 30.3 Å². The first-order valence-electron chi connectivity index (χ1n) is 12.0. The molecule has 1 unspecified atom stereocenters. The fourth-order valence-electron chi connectivity index (χ4n) is 5.54. The van der Waals surface area contributed by atoms with Crippen molar-refractivity contribution in [2.75, 3.05) is 27.3 Å². The van der Waals surface area contributed by atoms with Crippen LogP contribution in [0.3, 0.4) is 0 Å². The highest BCUT2D eigenvalue weighted by atomic mass is 16.7. The van der Waals surface area contributed by atoms with Crippen molar-refractivity contribution >= 4 is 22.8 Å². The van der Waals surface area contributed by atoms with Crippen LogP contribution in [0.4, 0.5) is 0 Å². The normalized spacial score (nSPS) is 20.0. The SMILES string of the molecule is COC(=O)C1CC(=O)N(OCc2cccc(OC)c2)C12CCN(Cc1c[nH]c3ccccc13)CC2. The Labute approximate surface area is 204 Å². The van der Waals surface area contributed by atoms with E-state index in [2.05, 4.69) is 28.2 Å². The van der Waals surface area contributed by atoms with E-state index in [1.54, 1.807) is 7.11 Å². The Morgan fingerprint density at radius 2 is 1.91 bits per heavy atom. The largest absolute Gasteiger partial charge is 0.497 e. The molecule has 2 aliphatic heterocycles. The lowest BCUT2D eigenvalue weighted by Crippen LogP contribution is -2.57. The van der Waals surface area contributed by atoms with Crippen LogP contribution in [0.1, 0.15) is 30.4 Å². The number of nitrogens with zero attached hydrogens (tertiary/aromatic N) is 2. The molecule has 0 bridgehead atoms. The number of benzene rings is 2. The molecule has 8 heteroatoms. The average molecular weight is 478 g/mol. The number of hydroxylamine groups is 2. The third kappa shape index (κ3) is 4.39. The number of H-pyrrole nitrogens is 1. The number of carbonyl (C=O) groups excluding carboxylic acids is 2. The van der Waals surface area contributed by atoms with Crippen LogP contribution in [0.5, 0.6) is 5.75 Å². The van der Waals surface area contributed by atoms with Gasteiger partial charge in [0.25, 0.3) is 0 Å². The summed E-state index contributed by atoms with van der Waals surface area (Å²) < 4.78 is 10.4. The Bertz CT molecular complexity index is 1210. The maximum absolute atomic E-state index is 13.1. The molecule has 1 aromatic heterocycles. The predicted molar refractivity (Wildman–Crippen MR) is 130 cm³/mol. The number of aromatic amines is 1. The summed E-state index contributed by atoms with van der Waals surface area (Å²) in [5, 5.41) is 2.71. The number of para-hydroxylation sites is 1. The molecule has 8 nitrogen and oxygen atoms in total. The summed E-state index contributed by atoms with van der Waals surface area (Å²) in [4.78, 5) is 37.6. The Morgan fingerprint density at radius 1 is 1.11 bits per heavy atom. The molecular weight excluding hydrogens is 446 g/mol. The van der Waals surface area contributed by atoms with Gasteiger partial charge in [-0.15, -0.1) is 0 Å². The van der Waals surface area contributed by atoms with Gasteiger partial charge in [-0.2, -0.15) is 0 Å². The predicted octanol–water partition coefficient (Wildman–Crippen LogP) is 3.66.